The van der Waals surface area contributed by atoms with Gasteiger partial charge in [0.15, 0.2) is 5.96 Å². The molecule has 6 heteroatoms. The Labute approximate surface area is 136 Å². The first kappa shape index (κ1) is 16.2. The van der Waals surface area contributed by atoms with E-state index in [4.69, 9.17) is 4.74 Å². The molecule has 0 aliphatic carbocycles. The van der Waals surface area contributed by atoms with Gasteiger partial charge in [0, 0.05) is 12.1 Å². The fourth-order valence-corrected chi connectivity index (χ4v) is 3.31. The zero-order valence-electron chi connectivity index (χ0n) is 13.3. The minimum Gasteiger partial charge on any atom is -0.386 e. The molecule has 0 amide bonds. The van der Waals surface area contributed by atoms with Crippen LogP contribution >= 0.6 is 0 Å². The molecule has 0 aromatic heterocycles. The van der Waals surface area contributed by atoms with E-state index in [0.29, 0.717) is 12.1 Å². The molecule has 2 aliphatic heterocycles. The van der Waals surface area contributed by atoms with Crippen molar-refractivity contribution < 1.29 is 14.2 Å². The van der Waals surface area contributed by atoms with Crippen molar-refractivity contribution in [3.05, 3.63) is 35.6 Å². The van der Waals surface area contributed by atoms with Gasteiger partial charge < -0.3 is 20.5 Å². The number of halogens is 1. The zero-order chi connectivity index (χ0) is 16.2. The summed E-state index contributed by atoms with van der Waals surface area (Å²) in [5, 5.41) is 16.7. The van der Waals surface area contributed by atoms with Gasteiger partial charge in [-0.3, -0.25) is 4.99 Å². The highest BCUT2D eigenvalue weighted by atomic mass is 19.1. The summed E-state index contributed by atoms with van der Waals surface area (Å²) in [7, 11) is 0. The maximum atomic E-state index is 13.7. The SMILES string of the molecule is CCNC(=NCC(O)c1ccccc1F)NC1CC2CCC1O2. The third-order valence-electron chi connectivity index (χ3n) is 4.46. The van der Waals surface area contributed by atoms with Crippen LogP contribution in [0.3, 0.4) is 0 Å². The van der Waals surface area contributed by atoms with Crippen molar-refractivity contribution in [1.29, 1.82) is 0 Å². The van der Waals surface area contributed by atoms with E-state index < -0.39 is 11.9 Å². The molecule has 0 spiro atoms. The van der Waals surface area contributed by atoms with Gasteiger partial charge >= 0.3 is 0 Å². The number of fused-ring (bicyclic) bond motifs is 2. The number of aliphatic hydroxyl groups is 1. The van der Waals surface area contributed by atoms with Gasteiger partial charge in [-0.05, 0) is 32.3 Å². The molecule has 1 aromatic rings. The van der Waals surface area contributed by atoms with Gasteiger partial charge in [0.25, 0.3) is 0 Å². The number of benzene rings is 1. The van der Waals surface area contributed by atoms with Crippen LogP contribution in [-0.4, -0.2) is 42.4 Å². The van der Waals surface area contributed by atoms with Crippen LogP contribution in [0.4, 0.5) is 4.39 Å². The first-order chi connectivity index (χ1) is 11.2. The van der Waals surface area contributed by atoms with Gasteiger partial charge in [0.05, 0.1) is 24.8 Å². The number of nitrogens with zero attached hydrogens (tertiary/aromatic N) is 1. The predicted octanol–water partition coefficient (Wildman–Crippen LogP) is 1.73. The Morgan fingerprint density at radius 3 is 2.91 bits per heavy atom. The molecule has 2 aliphatic rings. The van der Waals surface area contributed by atoms with Crippen molar-refractivity contribution in [2.24, 2.45) is 4.99 Å². The van der Waals surface area contributed by atoms with Crippen LogP contribution in [-0.2, 0) is 4.74 Å². The molecule has 23 heavy (non-hydrogen) atoms. The third kappa shape index (κ3) is 3.82. The van der Waals surface area contributed by atoms with E-state index in [1.54, 1.807) is 18.2 Å². The highest BCUT2D eigenvalue weighted by Crippen LogP contribution is 2.34. The normalized spacial score (nSPS) is 28.0. The van der Waals surface area contributed by atoms with E-state index in [1.807, 2.05) is 6.92 Å². The molecular weight excluding hydrogens is 297 g/mol. The Morgan fingerprint density at radius 1 is 1.43 bits per heavy atom. The van der Waals surface area contributed by atoms with Crippen LogP contribution in [0.1, 0.15) is 37.9 Å². The van der Waals surface area contributed by atoms with E-state index in [1.165, 1.54) is 6.07 Å². The molecule has 2 saturated heterocycles. The Hall–Kier alpha value is -1.66. The lowest BCUT2D eigenvalue weighted by atomic mass is 9.96. The van der Waals surface area contributed by atoms with Gasteiger partial charge in [-0.1, -0.05) is 18.2 Å². The van der Waals surface area contributed by atoms with Crippen molar-refractivity contribution in [2.45, 2.75) is 50.5 Å². The number of hydrogen-bond donors (Lipinski definition) is 3. The summed E-state index contributed by atoms with van der Waals surface area (Å²) < 4.78 is 19.5. The predicted molar refractivity (Wildman–Crippen MR) is 86.8 cm³/mol. The van der Waals surface area contributed by atoms with E-state index >= 15 is 0 Å². The highest BCUT2D eigenvalue weighted by Gasteiger charge is 2.41. The summed E-state index contributed by atoms with van der Waals surface area (Å²) in [5.41, 5.74) is 0.273. The summed E-state index contributed by atoms with van der Waals surface area (Å²) in [6.07, 6.45) is 2.88. The first-order valence-corrected chi connectivity index (χ1v) is 8.30. The fraction of sp³-hybridized carbons (Fsp3) is 0.588. The van der Waals surface area contributed by atoms with Crippen LogP contribution in [0.5, 0.6) is 0 Å². The number of aliphatic imine (C=N–C) groups is 1. The van der Waals surface area contributed by atoms with Crippen molar-refractivity contribution >= 4 is 5.96 Å². The van der Waals surface area contributed by atoms with Crippen molar-refractivity contribution in [1.82, 2.24) is 10.6 Å². The smallest absolute Gasteiger partial charge is 0.191 e. The van der Waals surface area contributed by atoms with Gasteiger partial charge in [-0.2, -0.15) is 0 Å². The van der Waals surface area contributed by atoms with Crippen LogP contribution in [0, 0.1) is 5.82 Å². The minimum atomic E-state index is -0.956. The first-order valence-electron chi connectivity index (χ1n) is 8.30. The van der Waals surface area contributed by atoms with Crippen LogP contribution in [0.2, 0.25) is 0 Å². The van der Waals surface area contributed by atoms with Crippen molar-refractivity contribution in [3.63, 3.8) is 0 Å². The van der Waals surface area contributed by atoms with Gasteiger partial charge in [0.2, 0.25) is 0 Å². The largest absolute Gasteiger partial charge is 0.386 e. The minimum absolute atomic E-state index is 0.109. The van der Waals surface area contributed by atoms with Crippen molar-refractivity contribution in [3.8, 4) is 0 Å². The lowest BCUT2D eigenvalue weighted by Gasteiger charge is -2.23. The second kappa shape index (κ2) is 7.27. The summed E-state index contributed by atoms with van der Waals surface area (Å²) in [6, 6.07) is 6.51. The second-order valence-corrected chi connectivity index (χ2v) is 6.12. The molecule has 1 aromatic carbocycles. The van der Waals surface area contributed by atoms with E-state index in [-0.39, 0.29) is 24.3 Å². The maximum absolute atomic E-state index is 13.7. The maximum Gasteiger partial charge on any atom is 0.191 e. The molecule has 4 unspecified atom stereocenters. The molecular formula is C17H24FN3O2. The lowest BCUT2D eigenvalue weighted by Crippen LogP contribution is -2.47. The average molecular weight is 321 g/mol. The molecule has 4 atom stereocenters. The Morgan fingerprint density at radius 2 is 2.26 bits per heavy atom. The van der Waals surface area contributed by atoms with E-state index in [9.17, 15) is 9.50 Å². The summed E-state index contributed by atoms with van der Waals surface area (Å²) >= 11 is 0. The molecule has 5 nitrogen and oxygen atoms in total. The number of rotatable bonds is 5. The third-order valence-corrected chi connectivity index (χ3v) is 4.46. The standard InChI is InChI=1S/C17H24FN3O2/c1-2-19-17(21-14-9-11-7-8-16(14)23-11)20-10-15(22)12-5-3-4-6-13(12)18/h3-6,11,14-16,22H,2,7-10H2,1H3,(H2,19,20,21). The molecule has 2 bridgehead atoms. The monoisotopic (exact) mass is 321 g/mol. The molecule has 3 rings (SSSR count). The van der Waals surface area contributed by atoms with E-state index in [0.717, 1.165) is 25.8 Å². The molecule has 126 valence electrons. The summed E-state index contributed by atoms with van der Waals surface area (Å²) in [6.45, 7) is 2.82. The quantitative estimate of drug-likeness (QED) is 0.571. The van der Waals surface area contributed by atoms with Crippen LogP contribution in [0.15, 0.2) is 29.3 Å². The second-order valence-electron chi connectivity index (χ2n) is 6.12. The van der Waals surface area contributed by atoms with Gasteiger partial charge in [0.1, 0.15) is 11.9 Å². The highest BCUT2D eigenvalue weighted by molar-refractivity contribution is 5.80. The topological polar surface area (TPSA) is 65.9 Å². The number of ether oxygens (including phenoxy) is 1. The molecule has 0 saturated carbocycles. The average Bonchev–Trinajstić information content (AvgIpc) is 3.16. The van der Waals surface area contributed by atoms with Crippen LogP contribution in [0.25, 0.3) is 0 Å². The van der Waals surface area contributed by atoms with Crippen LogP contribution < -0.4 is 10.6 Å². The number of nitrogens with one attached hydrogen (secondary N) is 2. The van der Waals surface area contributed by atoms with E-state index in [2.05, 4.69) is 15.6 Å². The Bertz CT molecular complexity index is 567. The van der Waals surface area contributed by atoms with Gasteiger partial charge in [-0.25, -0.2) is 4.39 Å². The Kier molecular flexibility index (Phi) is 5.13. The number of guanidine groups is 1. The lowest BCUT2D eigenvalue weighted by molar-refractivity contribution is 0.0992. The molecule has 3 N–H and O–H groups in total. The molecule has 2 heterocycles. The summed E-state index contributed by atoms with van der Waals surface area (Å²) in [5.74, 6) is 0.235. The van der Waals surface area contributed by atoms with Crippen molar-refractivity contribution in [2.75, 3.05) is 13.1 Å². The zero-order valence-corrected chi connectivity index (χ0v) is 13.3. The molecule has 0 radical (unpaired) electrons. The number of aliphatic hydroxyl groups excluding tert-OH is 1. The summed E-state index contributed by atoms with van der Waals surface area (Å²) in [4.78, 5) is 4.40. The number of hydrogen-bond acceptors (Lipinski definition) is 3. The Balaban J connectivity index is 1.61. The molecule has 2 fully saturated rings. The fourth-order valence-electron chi connectivity index (χ4n) is 3.31. The van der Waals surface area contributed by atoms with Gasteiger partial charge in [-0.15, -0.1) is 0 Å².